The van der Waals surface area contributed by atoms with E-state index in [0.717, 1.165) is 12.6 Å². The van der Waals surface area contributed by atoms with Gasteiger partial charge in [-0.1, -0.05) is 19.8 Å². The SMILES string of the molecule is CCCNC(C)CCN1CCCCCC1C. The van der Waals surface area contributed by atoms with Crippen LogP contribution in [0.3, 0.4) is 0 Å². The van der Waals surface area contributed by atoms with E-state index in [2.05, 4.69) is 31.0 Å². The zero-order valence-corrected chi connectivity index (χ0v) is 11.5. The highest BCUT2D eigenvalue weighted by Gasteiger charge is 2.16. The fraction of sp³-hybridized carbons (Fsp3) is 1.00. The summed E-state index contributed by atoms with van der Waals surface area (Å²) in [7, 11) is 0. The number of nitrogens with zero attached hydrogens (tertiary/aromatic N) is 1. The van der Waals surface area contributed by atoms with Crippen LogP contribution in [0.5, 0.6) is 0 Å². The molecule has 96 valence electrons. The van der Waals surface area contributed by atoms with Crippen LogP contribution in [0.4, 0.5) is 0 Å². The van der Waals surface area contributed by atoms with Crippen LogP contribution in [0.2, 0.25) is 0 Å². The minimum Gasteiger partial charge on any atom is -0.314 e. The Morgan fingerprint density at radius 3 is 2.88 bits per heavy atom. The van der Waals surface area contributed by atoms with Gasteiger partial charge >= 0.3 is 0 Å². The van der Waals surface area contributed by atoms with Crippen molar-refractivity contribution in [3.8, 4) is 0 Å². The van der Waals surface area contributed by atoms with Crippen molar-refractivity contribution in [2.75, 3.05) is 19.6 Å². The van der Waals surface area contributed by atoms with Gasteiger partial charge in [-0.15, -0.1) is 0 Å². The molecule has 0 aromatic heterocycles. The predicted molar refractivity (Wildman–Crippen MR) is 71.9 cm³/mol. The van der Waals surface area contributed by atoms with E-state index in [1.165, 1.54) is 51.6 Å². The molecule has 1 heterocycles. The second-order valence-corrected chi connectivity index (χ2v) is 5.38. The second-order valence-electron chi connectivity index (χ2n) is 5.38. The van der Waals surface area contributed by atoms with E-state index in [4.69, 9.17) is 0 Å². The molecule has 0 bridgehead atoms. The third-order valence-electron chi connectivity index (χ3n) is 3.78. The Bertz CT molecular complexity index is 170. The number of hydrogen-bond acceptors (Lipinski definition) is 2. The molecular formula is C14H30N2. The Kier molecular flexibility index (Phi) is 7.06. The molecule has 0 radical (unpaired) electrons. The largest absolute Gasteiger partial charge is 0.314 e. The quantitative estimate of drug-likeness (QED) is 0.749. The van der Waals surface area contributed by atoms with E-state index in [1.54, 1.807) is 0 Å². The van der Waals surface area contributed by atoms with Crippen LogP contribution in [-0.4, -0.2) is 36.6 Å². The van der Waals surface area contributed by atoms with Crippen LogP contribution in [0.25, 0.3) is 0 Å². The summed E-state index contributed by atoms with van der Waals surface area (Å²) in [6, 6.07) is 1.48. The Morgan fingerprint density at radius 2 is 2.12 bits per heavy atom. The molecule has 1 aliphatic rings. The molecule has 1 aliphatic heterocycles. The van der Waals surface area contributed by atoms with Gasteiger partial charge in [0.25, 0.3) is 0 Å². The van der Waals surface area contributed by atoms with Crippen molar-refractivity contribution in [1.82, 2.24) is 10.2 Å². The Labute approximate surface area is 102 Å². The third kappa shape index (κ3) is 5.31. The normalized spacial score (nSPS) is 25.3. The Morgan fingerprint density at radius 1 is 1.31 bits per heavy atom. The summed E-state index contributed by atoms with van der Waals surface area (Å²) in [6.07, 6.45) is 8.21. The van der Waals surface area contributed by atoms with Gasteiger partial charge in [-0.05, 0) is 59.2 Å². The van der Waals surface area contributed by atoms with Crippen molar-refractivity contribution >= 4 is 0 Å². The monoisotopic (exact) mass is 226 g/mol. The lowest BCUT2D eigenvalue weighted by Crippen LogP contribution is -2.37. The van der Waals surface area contributed by atoms with Crippen LogP contribution in [0, 0.1) is 0 Å². The molecule has 1 fully saturated rings. The van der Waals surface area contributed by atoms with Gasteiger partial charge in [0, 0.05) is 12.1 Å². The molecule has 0 spiro atoms. The van der Waals surface area contributed by atoms with Crippen molar-refractivity contribution in [2.24, 2.45) is 0 Å². The number of rotatable bonds is 6. The van der Waals surface area contributed by atoms with Gasteiger partial charge in [0.15, 0.2) is 0 Å². The van der Waals surface area contributed by atoms with Crippen LogP contribution in [0.1, 0.15) is 59.3 Å². The van der Waals surface area contributed by atoms with E-state index in [-0.39, 0.29) is 0 Å². The maximum atomic E-state index is 3.58. The first kappa shape index (κ1) is 14.0. The first-order valence-corrected chi connectivity index (χ1v) is 7.21. The van der Waals surface area contributed by atoms with E-state index in [1.807, 2.05) is 0 Å². The highest BCUT2D eigenvalue weighted by molar-refractivity contribution is 4.73. The minimum absolute atomic E-state index is 0.676. The average molecular weight is 226 g/mol. The zero-order valence-electron chi connectivity index (χ0n) is 11.5. The first-order chi connectivity index (χ1) is 7.74. The number of nitrogens with one attached hydrogen (secondary N) is 1. The summed E-state index contributed by atoms with van der Waals surface area (Å²) in [5, 5.41) is 3.58. The third-order valence-corrected chi connectivity index (χ3v) is 3.78. The minimum atomic E-state index is 0.676. The summed E-state index contributed by atoms with van der Waals surface area (Å²) in [5.74, 6) is 0. The average Bonchev–Trinajstić information content (AvgIpc) is 2.48. The van der Waals surface area contributed by atoms with Gasteiger partial charge in [-0.2, -0.15) is 0 Å². The lowest BCUT2D eigenvalue weighted by atomic mass is 10.1. The summed E-state index contributed by atoms with van der Waals surface area (Å²) >= 11 is 0. The molecule has 0 aromatic rings. The molecule has 2 unspecified atom stereocenters. The fourth-order valence-corrected chi connectivity index (χ4v) is 2.52. The lowest BCUT2D eigenvalue weighted by Gasteiger charge is -2.28. The van der Waals surface area contributed by atoms with Crippen molar-refractivity contribution < 1.29 is 0 Å². The molecule has 1 rings (SSSR count). The second kappa shape index (κ2) is 8.08. The fourth-order valence-electron chi connectivity index (χ4n) is 2.52. The molecule has 0 saturated carbocycles. The first-order valence-electron chi connectivity index (χ1n) is 7.21. The molecule has 1 saturated heterocycles. The van der Waals surface area contributed by atoms with E-state index in [9.17, 15) is 0 Å². The molecule has 2 nitrogen and oxygen atoms in total. The van der Waals surface area contributed by atoms with Gasteiger partial charge in [-0.3, -0.25) is 0 Å². The van der Waals surface area contributed by atoms with Crippen molar-refractivity contribution in [3.63, 3.8) is 0 Å². The van der Waals surface area contributed by atoms with E-state index in [0.29, 0.717) is 6.04 Å². The summed E-state index contributed by atoms with van der Waals surface area (Å²) < 4.78 is 0. The summed E-state index contributed by atoms with van der Waals surface area (Å²) in [6.45, 7) is 10.7. The van der Waals surface area contributed by atoms with E-state index >= 15 is 0 Å². The molecule has 0 amide bonds. The smallest absolute Gasteiger partial charge is 0.00669 e. The van der Waals surface area contributed by atoms with Gasteiger partial charge in [0.2, 0.25) is 0 Å². The number of hydrogen-bond donors (Lipinski definition) is 1. The zero-order chi connectivity index (χ0) is 11.8. The highest BCUT2D eigenvalue weighted by atomic mass is 15.1. The maximum absolute atomic E-state index is 3.58. The van der Waals surface area contributed by atoms with Crippen molar-refractivity contribution in [3.05, 3.63) is 0 Å². The molecule has 0 aliphatic carbocycles. The van der Waals surface area contributed by atoms with Gasteiger partial charge in [0.1, 0.15) is 0 Å². The molecule has 2 atom stereocenters. The van der Waals surface area contributed by atoms with Crippen LogP contribution in [-0.2, 0) is 0 Å². The van der Waals surface area contributed by atoms with Gasteiger partial charge in [0.05, 0.1) is 0 Å². The molecule has 0 aromatic carbocycles. The summed E-state index contributed by atoms with van der Waals surface area (Å²) in [4.78, 5) is 2.69. The Hall–Kier alpha value is -0.0800. The number of likely N-dealkylation sites (tertiary alicyclic amines) is 1. The standard InChI is InChI=1S/C14H30N2/c1-4-10-15-13(2)9-12-16-11-7-5-6-8-14(16)3/h13-15H,4-12H2,1-3H3. The lowest BCUT2D eigenvalue weighted by molar-refractivity contribution is 0.203. The molecular weight excluding hydrogens is 196 g/mol. The van der Waals surface area contributed by atoms with Gasteiger partial charge < -0.3 is 10.2 Å². The van der Waals surface area contributed by atoms with Crippen molar-refractivity contribution in [2.45, 2.75) is 71.4 Å². The van der Waals surface area contributed by atoms with Crippen LogP contribution < -0.4 is 5.32 Å². The molecule has 1 N–H and O–H groups in total. The van der Waals surface area contributed by atoms with Crippen LogP contribution >= 0.6 is 0 Å². The van der Waals surface area contributed by atoms with Gasteiger partial charge in [-0.25, -0.2) is 0 Å². The highest BCUT2D eigenvalue weighted by Crippen LogP contribution is 2.16. The topological polar surface area (TPSA) is 15.3 Å². The van der Waals surface area contributed by atoms with Crippen LogP contribution in [0.15, 0.2) is 0 Å². The van der Waals surface area contributed by atoms with E-state index < -0.39 is 0 Å². The van der Waals surface area contributed by atoms with Crippen molar-refractivity contribution in [1.29, 1.82) is 0 Å². The molecule has 16 heavy (non-hydrogen) atoms. The molecule has 2 heteroatoms. The Balaban J connectivity index is 2.18. The summed E-state index contributed by atoms with van der Waals surface area (Å²) in [5.41, 5.74) is 0. The maximum Gasteiger partial charge on any atom is 0.00669 e. The predicted octanol–water partition coefficient (Wildman–Crippen LogP) is 3.03.